The summed E-state index contributed by atoms with van der Waals surface area (Å²) in [5.74, 6) is -0.525. The van der Waals surface area contributed by atoms with Crippen LogP contribution in [0.4, 0.5) is 13.2 Å². The standard InChI is InChI=1S/C14H14F3N5O3/c1-21-13(24)22(20-19-21)11-4-2-3-10(14(15,16)17)9(11)7-25-18-12(23)8-5-6-8/h2-4,8H,5-7H2,1H3,(H,18,23). The number of tetrazole rings is 1. The molecule has 1 aliphatic carbocycles. The highest BCUT2D eigenvalue weighted by atomic mass is 19.4. The molecule has 0 aliphatic heterocycles. The van der Waals surface area contributed by atoms with Crippen molar-refractivity contribution >= 4 is 5.91 Å². The molecule has 0 saturated heterocycles. The van der Waals surface area contributed by atoms with Gasteiger partial charge in [-0.1, -0.05) is 6.07 Å². The lowest BCUT2D eigenvalue weighted by Gasteiger charge is -2.16. The first-order valence-electron chi connectivity index (χ1n) is 7.39. The van der Waals surface area contributed by atoms with Gasteiger partial charge in [0.15, 0.2) is 0 Å². The Morgan fingerprint density at radius 2 is 2.08 bits per heavy atom. The summed E-state index contributed by atoms with van der Waals surface area (Å²) in [4.78, 5) is 28.5. The van der Waals surface area contributed by atoms with Crippen molar-refractivity contribution in [2.45, 2.75) is 25.6 Å². The van der Waals surface area contributed by atoms with Gasteiger partial charge in [-0.05, 0) is 35.4 Å². The number of aromatic nitrogens is 4. The summed E-state index contributed by atoms with van der Waals surface area (Å²) in [6.45, 7) is -0.577. The number of carbonyl (C=O) groups excluding carboxylic acids is 1. The van der Waals surface area contributed by atoms with Gasteiger partial charge < -0.3 is 0 Å². The lowest BCUT2D eigenvalue weighted by molar-refractivity contribution is -0.140. The van der Waals surface area contributed by atoms with Crippen molar-refractivity contribution in [2.24, 2.45) is 13.0 Å². The van der Waals surface area contributed by atoms with Gasteiger partial charge in [-0.2, -0.15) is 22.5 Å². The van der Waals surface area contributed by atoms with E-state index < -0.39 is 24.0 Å². The molecule has 0 bridgehead atoms. The molecule has 11 heteroatoms. The van der Waals surface area contributed by atoms with Gasteiger partial charge in [-0.15, -0.1) is 0 Å². The van der Waals surface area contributed by atoms with Crippen LogP contribution in [-0.4, -0.2) is 25.7 Å². The minimum atomic E-state index is -4.67. The van der Waals surface area contributed by atoms with Crippen LogP contribution in [0.5, 0.6) is 0 Å². The molecular formula is C14H14F3N5O3. The minimum Gasteiger partial charge on any atom is -0.273 e. The van der Waals surface area contributed by atoms with Crippen LogP contribution in [0.2, 0.25) is 0 Å². The van der Waals surface area contributed by atoms with E-state index in [1.54, 1.807) is 0 Å². The summed E-state index contributed by atoms with van der Waals surface area (Å²) in [6.07, 6.45) is -3.20. The lowest BCUT2D eigenvalue weighted by Crippen LogP contribution is -2.27. The largest absolute Gasteiger partial charge is 0.416 e. The Morgan fingerprint density at radius 1 is 1.36 bits per heavy atom. The van der Waals surface area contributed by atoms with Crippen LogP contribution in [-0.2, 0) is 29.5 Å². The quantitative estimate of drug-likeness (QED) is 0.805. The molecule has 1 heterocycles. The Balaban J connectivity index is 1.95. The van der Waals surface area contributed by atoms with Crippen LogP contribution in [0.3, 0.4) is 0 Å². The molecule has 2 aromatic rings. The predicted octanol–water partition coefficient (Wildman–Crippen LogP) is 0.943. The third kappa shape index (κ3) is 3.55. The zero-order valence-corrected chi connectivity index (χ0v) is 13.1. The predicted molar refractivity (Wildman–Crippen MR) is 77.3 cm³/mol. The van der Waals surface area contributed by atoms with Gasteiger partial charge in [-0.25, -0.2) is 10.3 Å². The summed E-state index contributed by atoms with van der Waals surface area (Å²) >= 11 is 0. The smallest absolute Gasteiger partial charge is 0.273 e. The second-order valence-electron chi connectivity index (χ2n) is 5.63. The third-order valence-electron chi connectivity index (χ3n) is 3.74. The Morgan fingerprint density at radius 3 is 2.64 bits per heavy atom. The van der Waals surface area contributed by atoms with E-state index in [0.717, 1.165) is 34.3 Å². The third-order valence-corrected chi connectivity index (χ3v) is 3.74. The van der Waals surface area contributed by atoms with Crippen molar-refractivity contribution < 1.29 is 22.8 Å². The molecule has 25 heavy (non-hydrogen) atoms. The molecule has 1 N–H and O–H groups in total. The number of amides is 1. The highest BCUT2D eigenvalue weighted by Gasteiger charge is 2.35. The fraction of sp³-hybridized carbons (Fsp3) is 0.429. The van der Waals surface area contributed by atoms with Crippen LogP contribution >= 0.6 is 0 Å². The van der Waals surface area contributed by atoms with Crippen LogP contribution < -0.4 is 11.2 Å². The van der Waals surface area contributed by atoms with Crippen LogP contribution in [0.25, 0.3) is 5.69 Å². The fourth-order valence-corrected chi connectivity index (χ4v) is 2.26. The average Bonchev–Trinajstić information content (AvgIpc) is 3.34. The number of carbonyl (C=O) groups is 1. The van der Waals surface area contributed by atoms with Crippen molar-refractivity contribution in [1.29, 1.82) is 0 Å². The van der Waals surface area contributed by atoms with Gasteiger partial charge in [0.05, 0.1) is 11.3 Å². The number of benzene rings is 1. The number of hydrogen-bond donors (Lipinski definition) is 1. The Kier molecular flexibility index (Phi) is 4.33. The molecule has 1 aromatic carbocycles. The lowest BCUT2D eigenvalue weighted by atomic mass is 10.1. The number of hydrogen-bond acceptors (Lipinski definition) is 5. The molecule has 1 saturated carbocycles. The first-order valence-corrected chi connectivity index (χ1v) is 7.39. The normalized spacial score (nSPS) is 14.6. The summed E-state index contributed by atoms with van der Waals surface area (Å²) in [5, 5.41) is 7.05. The van der Waals surface area contributed by atoms with Crippen molar-refractivity contribution in [3.8, 4) is 5.69 Å². The topological polar surface area (TPSA) is 91.0 Å². The second kappa shape index (κ2) is 6.31. The number of rotatable bonds is 5. The van der Waals surface area contributed by atoms with Crippen LogP contribution in [0.1, 0.15) is 24.0 Å². The Labute approximate surface area is 139 Å². The zero-order chi connectivity index (χ0) is 18.2. The van der Waals surface area contributed by atoms with E-state index in [1.807, 2.05) is 0 Å². The van der Waals surface area contributed by atoms with Crippen molar-refractivity contribution in [3.63, 3.8) is 0 Å². The van der Waals surface area contributed by atoms with Gasteiger partial charge in [0, 0.05) is 18.5 Å². The Hall–Kier alpha value is -2.69. The van der Waals surface area contributed by atoms with E-state index in [4.69, 9.17) is 4.84 Å². The SMILES string of the molecule is Cn1nnn(-c2cccc(C(F)(F)F)c2CONC(=O)C2CC2)c1=O. The molecule has 1 aromatic heterocycles. The molecule has 8 nitrogen and oxygen atoms in total. The first kappa shape index (κ1) is 17.1. The maximum Gasteiger partial charge on any atom is 0.416 e. The average molecular weight is 357 g/mol. The summed E-state index contributed by atoms with van der Waals surface area (Å²) in [7, 11) is 1.32. The van der Waals surface area contributed by atoms with E-state index >= 15 is 0 Å². The molecule has 1 aliphatic rings. The van der Waals surface area contributed by atoms with Gasteiger partial charge in [0.1, 0.15) is 6.61 Å². The van der Waals surface area contributed by atoms with E-state index in [-0.39, 0.29) is 23.1 Å². The number of aryl methyl sites for hydroxylation is 1. The van der Waals surface area contributed by atoms with E-state index in [2.05, 4.69) is 15.9 Å². The molecule has 0 spiro atoms. The van der Waals surface area contributed by atoms with Gasteiger partial charge in [0.25, 0.3) is 0 Å². The maximum absolute atomic E-state index is 13.3. The van der Waals surface area contributed by atoms with Gasteiger partial charge >= 0.3 is 11.9 Å². The molecule has 0 unspecified atom stereocenters. The summed E-state index contributed by atoms with van der Waals surface area (Å²) in [6, 6.07) is 3.32. The highest BCUT2D eigenvalue weighted by molar-refractivity contribution is 5.79. The monoisotopic (exact) mass is 357 g/mol. The molecule has 1 fully saturated rings. The molecule has 3 rings (SSSR count). The minimum absolute atomic E-state index is 0.117. The zero-order valence-electron chi connectivity index (χ0n) is 13.1. The highest BCUT2D eigenvalue weighted by Crippen LogP contribution is 2.34. The summed E-state index contributed by atoms with van der Waals surface area (Å²) < 4.78 is 41.5. The molecule has 0 radical (unpaired) electrons. The van der Waals surface area contributed by atoms with Gasteiger partial charge in [-0.3, -0.25) is 9.63 Å². The van der Waals surface area contributed by atoms with Crippen molar-refractivity contribution in [3.05, 3.63) is 39.8 Å². The number of hydroxylamine groups is 1. The number of halogens is 3. The molecule has 134 valence electrons. The van der Waals surface area contributed by atoms with Gasteiger partial charge in [0.2, 0.25) is 5.91 Å². The first-order chi connectivity index (χ1) is 11.8. The number of nitrogens with one attached hydrogen (secondary N) is 1. The van der Waals surface area contributed by atoms with Crippen molar-refractivity contribution in [2.75, 3.05) is 0 Å². The second-order valence-corrected chi connectivity index (χ2v) is 5.63. The molecular weight excluding hydrogens is 343 g/mol. The summed E-state index contributed by atoms with van der Waals surface area (Å²) in [5.41, 5.74) is 0.00396. The van der Waals surface area contributed by atoms with E-state index in [9.17, 15) is 22.8 Å². The van der Waals surface area contributed by atoms with Crippen LogP contribution in [0.15, 0.2) is 23.0 Å². The van der Waals surface area contributed by atoms with Crippen molar-refractivity contribution in [1.82, 2.24) is 25.3 Å². The fourth-order valence-electron chi connectivity index (χ4n) is 2.26. The number of alkyl halides is 3. The van der Waals surface area contributed by atoms with Crippen LogP contribution in [0, 0.1) is 5.92 Å². The van der Waals surface area contributed by atoms with E-state index in [0.29, 0.717) is 0 Å². The number of nitrogens with zero attached hydrogens (tertiary/aromatic N) is 4. The maximum atomic E-state index is 13.3. The van der Waals surface area contributed by atoms with E-state index in [1.165, 1.54) is 13.1 Å². The molecule has 1 amide bonds. The Bertz CT molecular complexity index is 854. The molecule has 0 atom stereocenters.